The predicted molar refractivity (Wildman–Crippen MR) is 209 cm³/mol. The zero-order chi connectivity index (χ0) is 45.3. The van der Waals surface area contributed by atoms with E-state index in [2.05, 4.69) is 0 Å². The molecule has 0 aromatic heterocycles. The molecule has 7 fully saturated rings. The number of hydrogen-bond acceptors (Lipinski definition) is 21. The van der Waals surface area contributed by atoms with Gasteiger partial charge in [-0.3, -0.25) is 0 Å². The predicted octanol–water partition coefficient (Wildman–Crippen LogP) is -3.65. The zero-order valence-corrected chi connectivity index (χ0v) is 35.3. The molecule has 12 N–H and O–H groups in total. The molecular weight excluding hydrogens is 840 g/mol. The van der Waals surface area contributed by atoms with Crippen molar-refractivity contribution in [2.45, 2.75) is 212 Å². The Kier molecular flexibility index (Phi) is 16.9. The molecule has 0 radical (unpaired) electrons. The van der Waals surface area contributed by atoms with Crippen LogP contribution in [0.3, 0.4) is 0 Å². The fourth-order valence-corrected chi connectivity index (χ4v) is 10.4. The highest BCUT2D eigenvalue weighted by Gasteiger charge is 2.54. The number of hydrogen-bond donors (Lipinski definition) is 12. The molecule has 7 rings (SSSR count). The van der Waals surface area contributed by atoms with Crippen LogP contribution >= 0.6 is 0 Å². The van der Waals surface area contributed by atoms with E-state index in [-0.39, 0.29) is 37.2 Å². The van der Waals surface area contributed by atoms with Gasteiger partial charge < -0.3 is 99.2 Å². The summed E-state index contributed by atoms with van der Waals surface area (Å²) in [6, 6.07) is 0. The fourth-order valence-electron chi connectivity index (χ4n) is 10.4. The highest BCUT2D eigenvalue weighted by atomic mass is 16.7. The van der Waals surface area contributed by atoms with Crippen LogP contribution in [0, 0.1) is 17.8 Å². The van der Waals surface area contributed by atoms with Crippen LogP contribution in [0.4, 0.5) is 0 Å². The van der Waals surface area contributed by atoms with E-state index in [1.54, 1.807) is 6.08 Å². The maximum Gasteiger partial charge on any atom is 0.330 e. The van der Waals surface area contributed by atoms with Gasteiger partial charge in [0.15, 0.2) is 25.0 Å². The Hall–Kier alpha value is -1.55. The summed E-state index contributed by atoms with van der Waals surface area (Å²) in [7, 11) is 0. The lowest BCUT2D eigenvalue weighted by atomic mass is 9.73. The van der Waals surface area contributed by atoms with Crippen molar-refractivity contribution >= 4 is 5.97 Å². The standard InChI is InChI=1S/C42H68O21/c1-17-38(63-29(47)11-4-18-2-7-20(44)8-3-18)34(52)37(55)40(57-17)56-16-28-31(49)33(51)36(54)42(62-28)60-26-14-23-24(58-39(26)19-5-9-21(45)10-6-19)12-22(46)13-25(23)59-41-35(53)32(50)30(48)27(15-43)61-41/h4,11,17-28,30-46,48-55H,2-3,5-10,12-16H2,1H3. The van der Waals surface area contributed by atoms with Crippen LogP contribution in [-0.2, 0) is 42.7 Å². The lowest BCUT2D eigenvalue weighted by Gasteiger charge is -2.52. The van der Waals surface area contributed by atoms with Gasteiger partial charge in [-0.1, -0.05) is 6.08 Å². The maximum absolute atomic E-state index is 12.6. The molecule has 0 bridgehead atoms. The highest BCUT2D eigenvalue weighted by Crippen LogP contribution is 2.45. The summed E-state index contributed by atoms with van der Waals surface area (Å²) in [5.41, 5.74) is 0. The third-order valence-electron chi connectivity index (χ3n) is 14.2. The molecule has 0 spiro atoms. The van der Waals surface area contributed by atoms with Crippen LogP contribution in [0.15, 0.2) is 12.2 Å². The van der Waals surface area contributed by atoms with Gasteiger partial charge in [-0.2, -0.15) is 0 Å². The van der Waals surface area contributed by atoms with Gasteiger partial charge in [0.25, 0.3) is 0 Å². The molecule has 21 atom stereocenters. The number of ether oxygens (including phenoxy) is 8. The molecule has 3 saturated carbocycles. The minimum absolute atomic E-state index is 0.0644. The van der Waals surface area contributed by atoms with Gasteiger partial charge in [-0.15, -0.1) is 0 Å². The minimum Gasteiger partial charge on any atom is -0.454 e. The van der Waals surface area contributed by atoms with Gasteiger partial charge in [-0.25, -0.2) is 4.79 Å². The molecule has 0 aromatic rings. The van der Waals surface area contributed by atoms with Crippen LogP contribution in [0.5, 0.6) is 0 Å². The molecule has 21 nitrogen and oxygen atoms in total. The lowest BCUT2D eigenvalue weighted by Crippen LogP contribution is -2.63. The van der Waals surface area contributed by atoms with E-state index >= 15 is 0 Å². The number of aliphatic hydroxyl groups is 12. The van der Waals surface area contributed by atoms with E-state index < -0.39 is 154 Å². The first kappa shape index (κ1) is 49.4. The van der Waals surface area contributed by atoms with E-state index in [4.69, 9.17) is 37.9 Å². The van der Waals surface area contributed by atoms with Gasteiger partial charge in [-0.05, 0) is 83.0 Å². The summed E-state index contributed by atoms with van der Waals surface area (Å²) in [4.78, 5) is 12.6. The summed E-state index contributed by atoms with van der Waals surface area (Å²) in [6.07, 6.45) is -19.5. The van der Waals surface area contributed by atoms with Crippen LogP contribution in [-0.4, -0.2) is 215 Å². The fraction of sp³-hybridized carbons (Fsp3) is 0.929. The molecule has 362 valence electrons. The molecule has 3 aliphatic carbocycles. The van der Waals surface area contributed by atoms with E-state index in [1.807, 2.05) is 0 Å². The highest BCUT2D eigenvalue weighted by molar-refractivity contribution is 5.82. The molecule has 63 heavy (non-hydrogen) atoms. The topological polar surface area (TPSA) is 334 Å². The molecule has 4 heterocycles. The second-order valence-electron chi connectivity index (χ2n) is 18.6. The third kappa shape index (κ3) is 11.4. The number of aliphatic hydroxyl groups excluding tert-OH is 12. The van der Waals surface area contributed by atoms with E-state index in [0.717, 1.165) is 12.8 Å². The number of allylic oxidation sites excluding steroid dienone is 1. The number of carbonyl (C=O) groups excluding carboxylic acids is 1. The van der Waals surface area contributed by atoms with Crippen LogP contribution in [0.2, 0.25) is 0 Å². The SMILES string of the molecule is CC1OC(OCC2OC(OC3CC4C(OC5OC(CO)C(O)C(O)C5O)CC(O)CC4OC3C3CCC(O)CC3)C(O)C(O)C2O)C(O)C(O)C1OC(=O)C=CC1CCC(O)CC1. The molecule has 0 aromatic carbocycles. The van der Waals surface area contributed by atoms with Gasteiger partial charge >= 0.3 is 5.97 Å². The molecule has 21 unspecified atom stereocenters. The molecular formula is C42H68O21. The summed E-state index contributed by atoms with van der Waals surface area (Å²) in [5.74, 6) is -1.32. The first-order valence-corrected chi connectivity index (χ1v) is 22.6. The normalized spacial score (nSPS) is 51.1. The Labute approximate surface area is 365 Å². The first-order valence-electron chi connectivity index (χ1n) is 22.6. The molecule has 4 aliphatic heterocycles. The summed E-state index contributed by atoms with van der Waals surface area (Å²) in [6.45, 7) is 0.313. The van der Waals surface area contributed by atoms with Crippen molar-refractivity contribution in [3.63, 3.8) is 0 Å². The number of rotatable bonds is 12. The van der Waals surface area contributed by atoms with Crippen molar-refractivity contribution in [3.05, 3.63) is 12.2 Å². The van der Waals surface area contributed by atoms with Crippen molar-refractivity contribution < 1.29 is 104 Å². The van der Waals surface area contributed by atoms with Crippen molar-refractivity contribution in [3.8, 4) is 0 Å². The Bertz CT molecular complexity index is 1470. The van der Waals surface area contributed by atoms with E-state index in [1.165, 1.54) is 13.0 Å². The number of esters is 1. The van der Waals surface area contributed by atoms with Gasteiger partial charge in [0.05, 0.1) is 62.0 Å². The Balaban J connectivity index is 1.00. The third-order valence-corrected chi connectivity index (χ3v) is 14.2. The van der Waals surface area contributed by atoms with Crippen molar-refractivity contribution in [1.82, 2.24) is 0 Å². The van der Waals surface area contributed by atoms with Crippen LogP contribution in [0.25, 0.3) is 0 Å². The quantitative estimate of drug-likeness (QED) is 0.0663. The summed E-state index contributed by atoms with van der Waals surface area (Å²) in [5, 5.41) is 127. The Morgan fingerprint density at radius 1 is 0.587 bits per heavy atom. The van der Waals surface area contributed by atoms with Gasteiger partial charge in [0.2, 0.25) is 0 Å². The number of fused-ring (bicyclic) bond motifs is 1. The largest absolute Gasteiger partial charge is 0.454 e. The van der Waals surface area contributed by atoms with Crippen molar-refractivity contribution in [1.29, 1.82) is 0 Å². The van der Waals surface area contributed by atoms with Gasteiger partial charge in [0.1, 0.15) is 61.0 Å². The zero-order valence-electron chi connectivity index (χ0n) is 35.3. The average Bonchev–Trinajstić information content (AvgIpc) is 3.26. The van der Waals surface area contributed by atoms with Crippen molar-refractivity contribution in [2.24, 2.45) is 17.8 Å². The Morgan fingerprint density at radius 3 is 1.79 bits per heavy atom. The second kappa shape index (κ2) is 21.6. The molecule has 0 amide bonds. The maximum atomic E-state index is 12.6. The summed E-state index contributed by atoms with van der Waals surface area (Å²) >= 11 is 0. The average molecular weight is 909 g/mol. The van der Waals surface area contributed by atoms with E-state index in [0.29, 0.717) is 38.5 Å². The van der Waals surface area contributed by atoms with Gasteiger partial charge in [0, 0.05) is 18.4 Å². The second-order valence-corrected chi connectivity index (χ2v) is 18.6. The molecule has 7 aliphatic rings. The minimum atomic E-state index is -1.80. The smallest absolute Gasteiger partial charge is 0.330 e. The first-order chi connectivity index (χ1) is 30.0. The monoisotopic (exact) mass is 908 g/mol. The lowest BCUT2D eigenvalue weighted by molar-refractivity contribution is -0.351. The van der Waals surface area contributed by atoms with Crippen LogP contribution < -0.4 is 0 Å². The molecule has 21 heteroatoms. The van der Waals surface area contributed by atoms with Crippen molar-refractivity contribution in [2.75, 3.05) is 13.2 Å². The summed E-state index contributed by atoms with van der Waals surface area (Å²) < 4.78 is 48.0. The Morgan fingerprint density at radius 2 is 1.16 bits per heavy atom. The van der Waals surface area contributed by atoms with Crippen LogP contribution in [0.1, 0.15) is 77.6 Å². The van der Waals surface area contributed by atoms with E-state index in [9.17, 15) is 66.1 Å². The molecule has 4 saturated heterocycles. The number of carbonyl (C=O) groups is 1.